The van der Waals surface area contributed by atoms with Gasteiger partial charge in [-0.15, -0.1) is 0 Å². The van der Waals surface area contributed by atoms with Crippen molar-refractivity contribution < 1.29 is 9.59 Å². The maximum atomic E-state index is 11.8. The molecule has 0 radical (unpaired) electrons. The van der Waals surface area contributed by atoms with Crippen LogP contribution in [0.5, 0.6) is 0 Å². The molecule has 1 atom stereocenters. The number of nitrogens with one attached hydrogen (secondary N) is 2. The Balaban J connectivity index is 1.96. The van der Waals surface area contributed by atoms with Crippen molar-refractivity contribution in [1.82, 2.24) is 10.3 Å². The van der Waals surface area contributed by atoms with Gasteiger partial charge in [0, 0.05) is 29.9 Å². The van der Waals surface area contributed by atoms with Crippen LogP contribution in [-0.4, -0.2) is 23.2 Å². The minimum absolute atomic E-state index is 0.0413. The summed E-state index contributed by atoms with van der Waals surface area (Å²) >= 11 is 0. The van der Waals surface area contributed by atoms with Crippen LogP contribution in [0.4, 0.5) is 0 Å². The molecule has 0 saturated carbocycles. The zero-order chi connectivity index (χ0) is 15.1. The van der Waals surface area contributed by atoms with E-state index in [0.717, 1.165) is 42.0 Å². The van der Waals surface area contributed by atoms with Gasteiger partial charge in [0.2, 0.25) is 5.91 Å². The molecule has 0 bridgehead atoms. The van der Waals surface area contributed by atoms with E-state index in [1.54, 1.807) is 0 Å². The van der Waals surface area contributed by atoms with Gasteiger partial charge in [-0.2, -0.15) is 0 Å². The Kier molecular flexibility index (Phi) is 5.55. The molecule has 0 aliphatic carbocycles. The number of aromatic nitrogens is 1. The Morgan fingerprint density at radius 3 is 2.90 bits per heavy atom. The molecule has 1 aromatic carbocycles. The summed E-state index contributed by atoms with van der Waals surface area (Å²) in [5.74, 6) is -0.0413. The van der Waals surface area contributed by atoms with E-state index in [1.165, 1.54) is 0 Å². The second-order valence-corrected chi connectivity index (χ2v) is 5.33. The number of H-pyrrole nitrogens is 1. The van der Waals surface area contributed by atoms with Crippen LogP contribution in [0, 0.1) is 0 Å². The molecule has 1 heterocycles. The van der Waals surface area contributed by atoms with E-state index >= 15 is 0 Å². The van der Waals surface area contributed by atoms with E-state index in [9.17, 15) is 9.59 Å². The van der Waals surface area contributed by atoms with Crippen LogP contribution in [0.2, 0.25) is 0 Å². The third kappa shape index (κ3) is 4.18. The lowest BCUT2D eigenvalue weighted by Crippen LogP contribution is -2.37. The van der Waals surface area contributed by atoms with Gasteiger partial charge < -0.3 is 15.1 Å². The molecular formula is C17H22N2O2. The molecule has 2 rings (SSSR count). The van der Waals surface area contributed by atoms with Crippen molar-refractivity contribution in [3.05, 3.63) is 36.0 Å². The maximum Gasteiger partial charge on any atom is 0.220 e. The number of hydrogen-bond acceptors (Lipinski definition) is 2. The maximum absolute atomic E-state index is 11.8. The highest BCUT2D eigenvalue weighted by atomic mass is 16.2. The first-order valence-electron chi connectivity index (χ1n) is 7.54. The zero-order valence-electron chi connectivity index (χ0n) is 12.4. The third-order valence-corrected chi connectivity index (χ3v) is 3.63. The molecular weight excluding hydrogens is 264 g/mol. The monoisotopic (exact) mass is 286 g/mol. The molecule has 2 N–H and O–H groups in total. The van der Waals surface area contributed by atoms with Crippen molar-refractivity contribution in [2.24, 2.45) is 0 Å². The predicted molar refractivity (Wildman–Crippen MR) is 84.1 cm³/mol. The van der Waals surface area contributed by atoms with Crippen LogP contribution in [0.1, 0.15) is 38.2 Å². The molecule has 112 valence electrons. The number of aromatic amines is 1. The average molecular weight is 286 g/mol. The van der Waals surface area contributed by atoms with Gasteiger partial charge in [0.25, 0.3) is 0 Å². The van der Waals surface area contributed by atoms with Gasteiger partial charge in [0.05, 0.1) is 6.04 Å². The summed E-state index contributed by atoms with van der Waals surface area (Å²) < 4.78 is 0. The zero-order valence-corrected chi connectivity index (χ0v) is 12.4. The van der Waals surface area contributed by atoms with Crippen molar-refractivity contribution >= 4 is 23.1 Å². The van der Waals surface area contributed by atoms with Gasteiger partial charge in [-0.25, -0.2) is 0 Å². The minimum Gasteiger partial charge on any atom is -0.361 e. The summed E-state index contributed by atoms with van der Waals surface area (Å²) in [6, 6.07) is 7.50. The molecule has 0 aliphatic heterocycles. The molecule has 0 unspecified atom stereocenters. The van der Waals surface area contributed by atoms with E-state index in [4.69, 9.17) is 0 Å². The summed E-state index contributed by atoms with van der Waals surface area (Å²) in [5, 5.41) is 3.91. The van der Waals surface area contributed by atoms with Crippen LogP contribution < -0.4 is 5.32 Å². The van der Waals surface area contributed by atoms with Gasteiger partial charge in [0.1, 0.15) is 6.29 Å². The number of carbonyl (C=O) groups is 2. The first kappa shape index (κ1) is 15.3. The highest BCUT2D eigenvalue weighted by molar-refractivity contribution is 5.84. The van der Waals surface area contributed by atoms with Gasteiger partial charge in [-0.1, -0.05) is 38.0 Å². The molecule has 0 spiro atoms. The summed E-state index contributed by atoms with van der Waals surface area (Å²) in [5.41, 5.74) is 2.10. The van der Waals surface area contributed by atoms with Crippen molar-refractivity contribution in [2.45, 2.75) is 45.1 Å². The molecule has 21 heavy (non-hydrogen) atoms. The normalized spacial score (nSPS) is 12.2. The Morgan fingerprint density at radius 1 is 1.33 bits per heavy atom. The number of hydrogen-bond donors (Lipinski definition) is 2. The number of carbonyl (C=O) groups excluding carboxylic acids is 2. The summed E-state index contributed by atoms with van der Waals surface area (Å²) in [4.78, 5) is 26.2. The standard InChI is InChI=1S/C17H22N2O2/c1-2-3-4-9-17(21)19-14(12-20)10-13-11-18-16-8-6-5-7-15(13)16/h5-8,11-12,14,18H,2-4,9-10H2,1H3,(H,19,21)/t14-/m0/s1. The summed E-state index contributed by atoms with van der Waals surface area (Å²) in [6.07, 6.45) is 6.74. The SMILES string of the molecule is CCCCCC(=O)N[C@H](C=O)Cc1c[nH]c2ccccc12. The number of aldehydes is 1. The van der Waals surface area contributed by atoms with Crippen molar-refractivity contribution in [3.8, 4) is 0 Å². The van der Waals surface area contributed by atoms with Crippen LogP contribution >= 0.6 is 0 Å². The van der Waals surface area contributed by atoms with E-state index in [0.29, 0.717) is 12.8 Å². The van der Waals surface area contributed by atoms with Gasteiger partial charge >= 0.3 is 0 Å². The lowest BCUT2D eigenvalue weighted by molar-refractivity contribution is -0.124. The highest BCUT2D eigenvalue weighted by Crippen LogP contribution is 2.18. The summed E-state index contributed by atoms with van der Waals surface area (Å²) in [6.45, 7) is 2.10. The molecule has 1 aromatic heterocycles. The Hall–Kier alpha value is -2.10. The number of rotatable bonds is 8. The number of fused-ring (bicyclic) bond motifs is 1. The topological polar surface area (TPSA) is 62.0 Å². The quantitative estimate of drug-likeness (QED) is 0.579. The fraction of sp³-hybridized carbons (Fsp3) is 0.412. The predicted octanol–water partition coefficient (Wildman–Crippen LogP) is 2.97. The van der Waals surface area contributed by atoms with E-state index < -0.39 is 6.04 Å². The van der Waals surface area contributed by atoms with E-state index in [-0.39, 0.29) is 5.91 Å². The molecule has 1 amide bonds. The molecule has 4 nitrogen and oxygen atoms in total. The summed E-state index contributed by atoms with van der Waals surface area (Å²) in [7, 11) is 0. The van der Waals surface area contributed by atoms with Crippen LogP contribution in [0.15, 0.2) is 30.5 Å². The van der Waals surface area contributed by atoms with Crippen molar-refractivity contribution in [2.75, 3.05) is 0 Å². The minimum atomic E-state index is -0.460. The van der Waals surface area contributed by atoms with Crippen molar-refractivity contribution in [1.29, 1.82) is 0 Å². The number of benzene rings is 1. The Labute approximate surface area is 124 Å². The van der Waals surface area contributed by atoms with Gasteiger partial charge in [0.15, 0.2) is 0 Å². The smallest absolute Gasteiger partial charge is 0.220 e. The fourth-order valence-electron chi connectivity index (χ4n) is 2.49. The largest absolute Gasteiger partial charge is 0.361 e. The Bertz CT molecular complexity index is 604. The van der Waals surface area contributed by atoms with Crippen LogP contribution in [0.3, 0.4) is 0 Å². The number of amides is 1. The third-order valence-electron chi connectivity index (χ3n) is 3.63. The molecule has 0 aliphatic rings. The molecule has 2 aromatic rings. The van der Waals surface area contributed by atoms with Gasteiger partial charge in [-0.3, -0.25) is 4.79 Å². The molecule has 4 heteroatoms. The lowest BCUT2D eigenvalue weighted by Gasteiger charge is -2.12. The number of para-hydroxylation sites is 1. The second kappa shape index (κ2) is 7.62. The highest BCUT2D eigenvalue weighted by Gasteiger charge is 2.14. The fourth-order valence-corrected chi connectivity index (χ4v) is 2.49. The first-order chi connectivity index (χ1) is 10.2. The average Bonchev–Trinajstić information content (AvgIpc) is 2.90. The molecule has 0 fully saturated rings. The van der Waals surface area contributed by atoms with Crippen molar-refractivity contribution in [3.63, 3.8) is 0 Å². The second-order valence-electron chi connectivity index (χ2n) is 5.33. The van der Waals surface area contributed by atoms with Crippen LogP contribution in [0.25, 0.3) is 10.9 Å². The number of unbranched alkanes of at least 4 members (excludes halogenated alkanes) is 2. The molecule has 0 saturated heterocycles. The first-order valence-corrected chi connectivity index (χ1v) is 7.54. The van der Waals surface area contributed by atoms with Crippen LogP contribution in [-0.2, 0) is 16.0 Å². The Morgan fingerprint density at radius 2 is 2.14 bits per heavy atom. The lowest BCUT2D eigenvalue weighted by atomic mass is 10.1. The van der Waals surface area contributed by atoms with E-state index in [2.05, 4.69) is 17.2 Å². The van der Waals surface area contributed by atoms with E-state index in [1.807, 2.05) is 30.5 Å². The van der Waals surface area contributed by atoms with Gasteiger partial charge in [-0.05, 0) is 18.1 Å².